The van der Waals surface area contributed by atoms with Crippen LogP contribution in [0.3, 0.4) is 0 Å². The molecule has 0 atom stereocenters. The van der Waals surface area contributed by atoms with Crippen LogP contribution in [0.2, 0.25) is 0 Å². The lowest BCUT2D eigenvalue weighted by Gasteiger charge is -2.04. The van der Waals surface area contributed by atoms with E-state index in [9.17, 15) is 4.79 Å². The number of carbonyl (C=O) groups is 1. The predicted molar refractivity (Wildman–Crippen MR) is 64.0 cm³/mol. The zero-order chi connectivity index (χ0) is 11.8. The average Bonchev–Trinajstić information content (AvgIpc) is 2.29. The van der Waals surface area contributed by atoms with Crippen molar-refractivity contribution in [2.24, 2.45) is 0 Å². The van der Waals surface area contributed by atoms with Crippen molar-refractivity contribution < 1.29 is 9.53 Å². The van der Waals surface area contributed by atoms with Crippen LogP contribution in [0.5, 0.6) is 0 Å². The summed E-state index contributed by atoms with van der Waals surface area (Å²) in [7, 11) is 0. The molecule has 1 radical (unpaired) electrons. The van der Waals surface area contributed by atoms with Crippen LogP contribution in [-0.4, -0.2) is 12.6 Å². The van der Waals surface area contributed by atoms with Crippen LogP contribution in [0.15, 0.2) is 36.4 Å². The average molecular weight is 217 g/mol. The van der Waals surface area contributed by atoms with Gasteiger partial charge in [0.1, 0.15) is 0 Å². The summed E-state index contributed by atoms with van der Waals surface area (Å²) in [4.78, 5) is 11.0. The van der Waals surface area contributed by atoms with Crippen molar-refractivity contribution in [3.05, 3.63) is 48.0 Å². The third-order valence-corrected chi connectivity index (χ3v) is 2.21. The first-order valence-electron chi connectivity index (χ1n) is 5.48. The number of benzene rings is 1. The zero-order valence-corrected chi connectivity index (χ0v) is 9.66. The van der Waals surface area contributed by atoms with Gasteiger partial charge in [0, 0.05) is 5.57 Å². The third-order valence-electron chi connectivity index (χ3n) is 2.21. The molecule has 0 fully saturated rings. The quantitative estimate of drug-likeness (QED) is 0.416. The van der Waals surface area contributed by atoms with Crippen molar-refractivity contribution in [2.45, 2.75) is 26.2 Å². The fourth-order valence-electron chi connectivity index (χ4n) is 1.31. The molecule has 0 saturated heterocycles. The SMILES string of the molecule is C=C(C)C(=O)OCCCCc1c[c]ccc1. The summed E-state index contributed by atoms with van der Waals surface area (Å²) >= 11 is 0. The first-order valence-corrected chi connectivity index (χ1v) is 5.48. The van der Waals surface area contributed by atoms with Crippen LogP contribution in [-0.2, 0) is 16.0 Å². The third kappa shape index (κ3) is 4.78. The molecule has 0 aliphatic heterocycles. The Morgan fingerprint density at radius 1 is 1.50 bits per heavy atom. The van der Waals surface area contributed by atoms with E-state index in [-0.39, 0.29) is 5.97 Å². The molecule has 0 aromatic heterocycles. The number of ether oxygens (including phenoxy) is 1. The number of esters is 1. The van der Waals surface area contributed by atoms with Gasteiger partial charge in [-0.1, -0.05) is 30.8 Å². The highest BCUT2D eigenvalue weighted by Crippen LogP contribution is 2.04. The summed E-state index contributed by atoms with van der Waals surface area (Å²) < 4.78 is 5.00. The number of rotatable bonds is 6. The van der Waals surface area contributed by atoms with E-state index < -0.39 is 0 Å². The van der Waals surface area contributed by atoms with E-state index in [1.54, 1.807) is 6.92 Å². The molecule has 0 unspecified atom stereocenters. The van der Waals surface area contributed by atoms with Crippen LogP contribution >= 0.6 is 0 Å². The topological polar surface area (TPSA) is 26.3 Å². The Morgan fingerprint density at radius 2 is 2.31 bits per heavy atom. The maximum atomic E-state index is 11.0. The van der Waals surface area contributed by atoms with Gasteiger partial charge < -0.3 is 4.74 Å². The van der Waals surface area contributed by atoms with Crippen molar-refractivity contribution in [1.82, 2.24) is 0 Å². The van der Waals surface area contributed by atoms with Gasteiger partial charge in [-0.15, -0.1) is 0 Å². The van der Waals surface area contributed by atoms with E-state index in [1.807, 2.05) is 18.2 Å². The van der Waals surface area contributed by atoms with Crippen molar-refractivity contribution in [3.63, 3.8) is 0 Å². The van der Waals surface area contributed by atoms with E-state index in [0.717, 1.165) is 19.3 Å². The lowest BCUT2D eigenvalue weighted by molar-refractivity contribution is -0.139. The Balaban J connectivity index is 2.09. The van der Waals surface area contributed by atoms with Gasteiger partial charge in [-0.25, -0.2) is 4.79 Å². The lowest BCUT2D eigenvalue weighted by atomic mass is 10.1. The van der Waals surface area contributed by atoms with Crippen molar-refractivity contribution >= 4 is 5.97 Å². The van der Waals surface area contributed by atoms with E-state index in [2.05, 4.69) is 18.7 Å². The van der Waals surface area contributed by atoms with Gasteiger partial charge in [0.2, 0.25) is 0 Å². The molecule has 2 heteroatoms. The van der Waals surface area contributed by atoms with Crippen LogP contribution < -0.4 is 0 Å². The maximum absolute atomic E-state index is 11.0. The minimum absolute atomic E-state index is 0.298. The molecule has 85 valence electrons. The summed E-state index contributed by atoms with van der Waals surface area (Å²) in [5.41, 5.74) is 1.73. The van der Waals surface area contributed by atoms with Crippen LogP contribution in [0.4, 0.5) is 0 Å². The summed E-state index contributed by atoms with van der Waals surface area (Å²) in [6, 6.07) is 11.0. The highest BCUT2D eigenvalue weighted by atomic mass is 16.5. The number of carbonyl (C=O) groups excluding carboxylic acids is 1. The second-order valence-electron chi connectivity index (χ2n) is 3.79. The van der Waals surface area contributed by atoms with Crippen molar-refractivity contribution in [3.8, 4) is 0 Å². The summed E-state index contributed by atoms with van der Waals surface area (Å²) in [5.74, 6) is -0.298. The van der Waals surface area contributed by atoms with E-state index in [1.165, 1.54) is 5.56 Å². The zero-order valence-electron chi connectivity index (χ0n) is 9.66. The smallest absolute Gasteiger partial charge is 0.333 e. The van der Waals surface area contributed by atoms with Gasteiger partial charge in [-0.3, -0.25) is 0 Å². The van der Waals surface area contributed by atoms with E-state index in [0.29, 0.717) is 12.2 Å². The lowest BCUT2D eigenvalue weighted by Crippen LogP contribution is -2.06. The van der Waals surface area contributed by atoms with Gasteiger partial charge in [0.25, 0.3) is 0 Å². The highest BCUT2D eigenvalue weighted by Gasteiger charge is 2.01. The molecular formula is C14H17O2. The predicted octanol–water partition coefficient (Wildman–Crippen LogP) is 2.93. The van der Waals surface area contributed by atoms with E-state index >= 15 is 0 Å². The van der Waals surface area contributed by atoms with Gasteiger partial charge in [-0.2, -0.15) is 0 Å². The Morgan fingerprint density at radius 3 is 2.94 bits per heavy atom. The number of aryl methyl sites for hydroxylation is 1. The Hall–Kier alpha value is -1.57. The summed E-state index contributed by atoms with van der Waals surface area (Å²) in [6.45, 7) is 5.65. The number of hydrogen-bond acceptors (Lipinski definition) is 2. The van der Waals surface area contributed by atoms with Gasteiger partial charge in [0.05, 0.1) is 6.61 Å². The summed E-state index contributed by atoms with van der Waals surface area (Å²) in [5, 5.41) is 0. The number of hydrogen-bond donors (Lipinski definition) is 0. The number of unbranched alkanes of at least 4 members (excludes halogenated alkanes) is 1. The molecule has 1 rings (SSSR count). The minimum Gasteiger partial charge on any atom is -0.462 e. The molecule has 16 heavy (non-hydrogen) atoms. The van der Waals surface area contributed by atoms with E-state index in [4.69, 9.17) is 4.74 Å². The maximum Gasteiger partial charge on any atom is 0.333 e. The molecule has 1 aromatic carbocycles. The Bertz CT molecular complexity index is 341. The normalized spacial score (nSPS) is 9.81. The van der Waals surface area contributed by atoms with Crippen molar-refractivity contribution in [1.29, 1.82) is 0 Å². The van der Waals surface area contributed by atoms with Gasteiger partial charge >= 0.3 is 5.97 Å². The first kappa shape index (κ1) is 12.5. The molecule has 0 heterocycles. The molecule has 0 saturated carbocycles. The molecule has 0 amide bonds. The molecule has 2 nitrogen and oxygen atoms in total. The van der Waals surface area contributed by atoms with Gasteiger partial charge in [0.15, 0.2) is 0 Å². The molecular weight excluding hydrogens is 200 g/mol. The Kier molecular flexibility index (Phi) is 5.34. The standard InChI is InChI=1S/C14H17O2/c1-12(2)14(15)16-11-7-6-10-13-8-4-3-5-9-13/h3-4,8-9H,1,6-7,10-11H2,2H3. The summed E-state index contributed by atoms with van der Waals surface area (Å²) in [6.07, 6.45) is 2.90. The largest absolute Gasteiger partial charge is 0.462 e. The molecule has 0 aliphatic carbocycles. The molecule has 0 bridgehead atoms. The van der Waals surface area contributed by atoms with Crippen molar-refractivity contribution in [2.75, 3.05) is 6.61 Å². The fourth-order valence-corrected chi connectivity index (χ4v) is 1.31. The van der Waals surface area contributed by atoms with Crippen LogP contribution in [0.1, 0.15) is 25.3 Å². The fraction of sp³-hybridized carbons (Fsp3) is 0.357. The first-order chi connectivity index (χ1) is 7.70. The highest BCUT2D eigenvalue weighted by molar-refractivity contribution is 5.86. The molecule has 0 spiro atoms. The van der Waals surface area contributed by atoms with Crippen LogP contribution in [0.25, 0.3) is 0 Å². The van der Waals surface area contributed by atoms with Gasteiger partial charge in [-0.05, 0) is 37.8 Å². The monoisotopic (exact) mass is 217 g/mol. The molecule has 0 N–H and O–H groups in total. The minimum atomic E-state index is -0.298. The second kappa shape index (κ2) is 6.83. The Labute approximate surface area is 96.9 Å². The molecule has 0 aliphatic rings. The second-order valence-corrected chi connectivity index (χ2v) is 3.79. The van der Waals surface area contributed by atoms with Crippen LogP contribution in [0, 0.1) is 6.07 Å². The molecule has 1 aromatic rings.